The van der Waals surface area contributed by atoms with E-state index in [1.165, 1.54) is 107 Å². The van der Waals surface area contributed by atoms with Crippen LogP contribution in [0.5, 0.6) is 0 Å². The molecule has 0 atom stereocenters. The molecule has 0 aromatic heterocycles. The van der Waals surface area contributed by atoms with E-state index in [0.29, 0.717) is 11.8 Å². The molecule has 3 rings (SSSR count). The van der Waals surface area contributed by atoms with Crippen molar-refractivity contribution in [3.8, 4) is 0 Å². The zero-order valence-electron chi connectivity index (χ0n) is 18.6. The molecule has 0 spiro atoms. The third kappa shape index (κ3) is 4.86. The number of benzene rings is 1. The molecule has 0 heterocycles. The van der Waals surface area contributed by atoms with Gasteiger partial charge in [-0.05, 0) is 79.5 Å². The average Bonchev–Trinajstić information content (AvgIpc) is 2.74. The second kappa shape index (κ2) is 10.6. The standard InChI is InChI=1S/C26H44N2/c1-3-4-5-6-13-18-22-23(20-14-9-7-10-15-20)24(21-16-11-8-12-17-21)26(28)19(2)25(22)27/h20-21H,3-18,27-28H2,1-2H3. The number of hydrogen-bond donors (Lipinski definition) is 2. The van der Waals surface area contributed by atoms with Gasteiger partial charge in [0.15, 0.2) is 0 Å². The van der Waals surface area contributed by atoms with Crippen LogP contribution in [0.25, 0.3) is 0 Å². The fourth-order valence-electron chi connectivity index (χ4n) is 5.89. The Bertz CT molecular complexity index is 622. The van der Waals surface area contributed by atoms with E-state index in [0.717, 1.165) is 17.8 Å². The molecule has 0 amide bonds. The summed E-state index contributed by atoms with van der Waals surface area (Å²) in [5.74, 6) is 1.37. The van der Waals surface area contributed by atoms with Crippen LogP contribution < -0.4 is 11.5 Å². The second-order valence-corrected chi connectivity index (χ2v) is 9.59. The molecule has 1 aromatic carbocycles. The number of hydrogen-bond acceptors (Lipinski definition) is 2. The van der Waals surface area contributed by atoms with Crippen LogP contribution in [0.15, 0.2) is 0 Å². The van der Waals surface area contributed by atoms with Crippen molar-refractivity contribution in [1.29, 1.82) is 0 Å². The molecule has 2 aliphatic carbocycles. The van der Waals surface area contributed by atoms with E-state index < -0.39 is 0 Å². The van der Waals surface area contributed by atoms with Gasteiger partial charge in [-0.1, -0.05) is 71.1 Å². The van der Waals surface area contributed by atoms with Gasteiger partial charge < -0.3 is 11.5 Å². The Morgan fingerprint density at radius 2 is 1.21 bits per heavy atom. The van der Waals surface area contributed by atoms with Gasteiger partial charge in [-0.25, -0.2) is 0 Å². The maximum absolute atomic E-state index is 6.81. The predicted octanol–water partition coefficient (Wildman–Crippen LogP) is 7.77. The Hall–Kier alpha value is -1.18. The lowest BCUT2D eigenvalue weighted by Gasteiger charge is -2.34. The molecule has 158 valence electrons. The normalized spacial score (nSPS) is 19.2. The maximum Gasteiger partial charge on any atom is 0.0402 e. The highest BCUT2D eigenvalue weighted by molar-refractivity contribution is 5.73. The molecule has 2 heteroatoms. The minimum Gasteiger partial charge on any atom is -0.398 e. The minimum atomic E-state index is 0.670. The highest BCUT2D eigenvalue weighted by atomic mass is 14.7. The van der Waals surface area contributed by atoms with Crippen LogP contribution in [0, 0.1) is 6.92 Å². The van der Waals surface area contributed by atoms with Crippen molar-refractivity contribution >= 4 is 11.4 Å². The molecule has 4 N–H and O–H groups in total. The number of anilines is 2. The van der Waals surface area contributed by atoms with Crippen LogP contribution in [-0.2, 0) is 6.42 Å². The van der Waals surface area contributed by atoms with Gasteiger partial charge in [0.25, 0.3) is 0 Å². The topological polar surface area (TPSA) is 52.0 Å². The van der Waals surface area contributed by atoms with Crippen LogP contribution in [0.3, 0.4) is 0 Å². The molecule has 0 radical (unpaired) electrons. The molecule has 2 fully saturated rings. The van der Waals surface area contributed by atoms with E-state index in [-0.39, 0.29) is 0 Å². The van der Waals surface area contributed by atoms with Gasteiger partial charge in [0, 0.05) is 11.4 Å². The summed E-state index contributed by atoms with van der Waals surface area (Å²) >= 11 is 0. The SMILES string of the molecule is CCCCCCCc1c(N)c(C)c(N)c(C2CCCCC2)c1C1CCCCC1. The van der Waals surface area contributed by atoms with Gasteiger partial charge in [0.2, 0.25) is 0 Å². The molecule has 0 saturated heterocycles. The van der Waals surface area contributed by atoms with Crippen molar-refractivity contribution in [2.75, 3.05) is 11.5 Å². The smallest absolute Gasteiger partial charge is 0.0402 e. The summed E-state index contributed by atoms with van der Waals surface area (Å²) in [5.41, 5.74) is 21.5. The van der Waals surface area contributed by atoms with Crippen LogP contribution >= 0.6 is 0 Å². The van der Waals surface area contributed by atoms with Crippen molar-refractivity contribution < 1.29 is 0 Å². The van der Waals surface area contributed by atoms with Crippen LogP contribution in [0.4, 0.5) is 11.4 Å². The highest BCUT2D eigenvalue weighted by Crippen LogP contribution is 2.48. The van der Waals surface area contributed by atoms with Gasteiger partial charge in [0.1, 0.15) is 0 Å². The van der Waals surface area contributed by atoms with Crippen molar-refractivity contribution in [1.82, 2.24) is 0 Å². The summed E-state index contributed by atoms with van der Waals surface area (Å²) in [4.78, 5) is 0. The number of nitrogen functional groups attached to an aromatic ring is 2. The van der Waals surface area contributed by atoms with Gasteiger partial charge in [0.05, 0.1) is 0 Å². The van der Waals surface area contributed by atoms with E-state index in [9.17, 15) is 0 Å². The van der Waals surface area contributed by atoms with Gasteiger partial charge in [-0.15, -0.1) is 0 Å². The molecular weight excluding hydrogens is 340 g/mol. The van der Waals surface area contributed by atoms with E-state index in [4.69, 9.17) is 11.5 Å². The minimum absolute atomic E-state index is 0.670. The lowest BCUT2D eigenvalue weighted by Crippen LogP contribution is -2.19. The maximum atomic E-state index is 6.81. The van der Waals surface area contributed by atoms with Crippen LogP contribution in [-0.4, -0.2) is 0 Å². The lowest BCUT2D eigenvalue weighted by molar-refractivity contribution is 0.417. The molecule has 0 aliphatic heterocycles. The summed E-state index contributed by atoms with van der Waals surface area (Å²) in [6.45, 7) is 4.46. The van der Waals surface area contributed by atoms with Gasteiger partial charge in [-0.3, -0.25) is 0 Å². The van der Waals surface area contributed by atoms with Gasteiger partial charge >= 0.3 is 0 Å². The summed E-state index contributed by atoms with van der Waals surface area (Å²) in [5, 5.41) is 0. The molecule has 1 aromatic rings. The molecular formula is C26H44N2. The number of rotatable bonds is 8. The average molecular weight is 385 g/mol. The second-order valence-electron chi connectivity index (χ2n) is 9.59. The van der Waals surface area contributed by atoms with Crippen molar-refractivity contribution in [2.45, 2.75) is 128 Å². The summed E-state index contributed by atoms with van der Waals surface area (Å²) < 4.78 is 0. The molecule has 2 aliphatic rings. The zero-order valence-corrected chi connectivity index (χ0v) is 18.6. The third-order valence-corrected chi connectivity index (χ3v) is 7.60. The Morgan fingerprint density at radius 3 is 1.79 bits per heavy atom. The summed E-state index contributed by atoms with van der Waals surface area (Å²) in [6, 6.07) is 0. The monoisotopic (exact) mass is 384 g/mol. The lowest BCUT2D eigenvalue weighted by atomic mass is 9.72. The molecule has 0 unspecified atom stereocenters. The number of unbranched alkanes of at least 4 members (excludes halogenated alkanes) is 4. The van der Waals surface area contributed by atoms with Gasteiger partial charge in [-0.2, -0.15) is 0 Å². The first-order valence-corrected chi connectivity index (χ1v) is 12.3. The van der Waals surface area contributed by atoms with Crippen molar-refractivity contribution in [3.63, 3.8) is 0 Å². The first-order chi connectivity index (χ1) is 13.6. The summed E-state index contributed by atoms with van der Waals surface area (Å²) in [7, 11) is 0. The quantitative estimate of drug-likeness (QED) is 0.355. The first-order valence-electron chi connectivity index (χ1n) is 12.3. The molecule has 0 bridgehead atoms. The van der Waals surface area contributed by atoms with E-state index >= 15 is 0 Å². The van der Waals surface area contributed by atoms with E-state index in [1.54, 1.807) is 11.1 Å². The van der Waals surface area contributed by atoms with Crippen LogP contribution in [0.2, 0.25) is 0 Å². The predicted molar refractivity (Wildman–Crippen MR) is 124 cm³/mol. The first kappa shape index (κ1) is 21.5. The highest BCUT2D eigenvalue weighted by Gasteiger charge is 2.30. The Labute approximate surface area is 173 Å². The van der Waals surface area contributed by atoms with E-state index in [1.807, 2.05) is 0 Å². The zero-order chi connectivity index (χ0) is 19.9. The fourth-order valence-corrected chi connectivity index (χ4v) is 5.89. The van der Waals surface area contributed by atoms with Crippen molar-refractivity contribution in [3.05, 3.63) is 22.3 Å². The fraction of sp³-hybridized carbons (Fsp3) is 0.769. The number of nitrogens with two attached hydrogens (primary N) is 2. The Balaban J connectivity index is 1.98. The largest absolute Gasteiger partial charge is 0.398 e. The van der Waals surface area contributed by atoms with Crippen molar-refractivity contribution in [2.24, 2.45) is 0 Å². The third-order valence-electron chi connectivity index (χ3n) is 7.60. The Morgan fingerprint density at radius 1 is 0.679 bits per heavy atom. The van der Waals surface area contributed by atoms with E-state index in [2.05, 4.69) is 13.8 Å². The molecule has 2 nitrogen and oxygen atoms in total. The van der Waals surface area contributed by atoms with Crippen LogP contribution in [0.1, 0.15) is 137 Å². The molecule has 2 saturated carbocycles. The summed E-state index contributed by atoms with van der Waals surface area (Å²) in [6.07, 6.45) is 21.4. The Kier molecular flexibility index (Phi) is 8.11. The molecule has 28 heavy (non-hydrogen) atoms.